The van der Waals surface area contributed by atoms with Gasteiger partial charge in [0.25, 0.3) is 0 Å². The van der Waals surface area contributed by atoms with E-state index in [0.29, 0.717) is 13.0 Å². The number of nitrogens with zero attached hydrogens (tertiary/aromatic N) is 2. The minimum absolute atomic E-state index is 0. The van der Waals surface area contributed by atoms with Crippen molar-refractivity contribution >= 4 is 41.8 Å². The molecule has 1 aromatic carbocycles. The number of halogens is 2. The molecule has 1 aromatic heterocycles. The van der Waals surface area contributed by atoms with E-state index in [1.807, 2.05) is 35.2 Å². The van der Waals surface area contributed by atoms with Crippen molar-refractivity contribution in [1.29, 1.82) is 0 Å². The van der Waals surface area contributed by atoms with E-state index in [1.165, 1.54) is 6.42 Å². The molecule has 1 atom stereocenters. The molecule has 2 N–H and O–H groups in total. The van der Waals surface area contributed by atoms with Crippen LogP contribution in [0.5, 0.6) is 0 Å². The minimum atomic E-state index is 0. The van der Waals surface area contributed by atoms with Crippen LogP contribution >= 0.6 is 24.8 Å². The van der Waals surface area contributed by atoms with Gasteiger partial charge >= 0.3 is 0 Å². The number of imidazole rings is 1. The van der Waals surface area contributed by atoms with E-state index in [-0.39, 0.29) is 30.7 Å². The van der Waals surface area contributed by atoms with Gasteiger partial charge in [-0.2, -0.15) is 0 Å². The Morgan fingerprint density at radius 1 is 1.35 bits per heavy atom. The first-order valence-electron chi connectivity index (χ1n) is 7.70. The zero-order chi connectivity index (χ0) is 14.5. The Kier molecular flexibility index (Phi) is 8.37. The maximum atomic E-state index is 11.9. The van der Waals surface area contributed by atoms with Gasteiger partial charge in [0.2, 0.25) is 5.91 Å². The first-order chi connectivity index (χ1) is 10.3. The van der Waals surface area contributed by atoms with E-state index >= 15 is 0 Å². The van der Waals surface area contributed by atoms with Gasteiger partial charge in [0.05, 0.1) is 17.4 Å². The number of fused-ring (bicyclic) bond motifs is 1. The summed E-state index contributed by atoms with van der Waals surface area (Å²) in [6.45, 7) is 3.68. The lowest BCUT2D eigenvalue weighted by atomic mass is 10.1. The highest BCUT2D eigenvalue weighted by Crippen LogP contribution is 2.12. The number of amides is 1. The van der Waals surface area contributed by atoms with E-state index in [0.717, 1.165) is 43.0 Å². The monoisotopic (exact) mass is 358 g/mol. The van der Waals surface area contributed by atoms with Crippen molar-refractivity contribution in [3.63, 3.8) is 0 Å². The van der Waals surface area contributed by atoms with Gasteiger partial charge in [-0.25, -0.2) is 4.98 Å². The molecule has 1 aliphatic rings. The Labute approximate surface area is 149 Å². The van der Waals surface area contributed by atoms with Crippen LogP contribution in [0.2, 0.25) is 0 Å². The van der Waals surface area contributed by atoms with Crippen LogP contribution < -0.4 is 10.6 Å². The summed E-state index contributed by atoms with van der Waals surface area (Å²) in [6.07, 6.45) is 4.62. The molecular formula is C16H24Cl2N4O. The molecule has 1 amide bonds. The zero-order valence-electron chi connectivity index (χ0n) is 13.0. The Hall–Kier alpha value is -1.30. The van der Waals surface area contributed by atoms with Gasteiger partial charge in [-0.05, 0) is 44.0 Å². The quantitative estimate of drug-likeness (QED) is 0.833. The molecule has 0 aliphatic carbocycles. The first kappa shape index (κ1) is 19.7. The van der Waals surface area contributed by atoms with Gasteiger partial charge < -0.3 is 15.2 Å². The molecule has 5 nitrogen and oxygen atoms in total. The predicted molar refractivity (Wildman–Crippen MR) is 97.4 cm³/mol. The van der Waals surface area contributed by atoms with Crippen molar-refractivity contribution in [2.24, 2.45) is 5.92 Å². The number of nitrogens with one attached hydrogen (secondary N) is 2. The average Bonchev–Trinajstić information content (AvgIpc) is 3.14. The Bertz CT molecular complexity index is 611. The van der Waals surface area contributed by atoms with Crippen LogP contribution in [0.1, 0.15) is 19.3 Å². The average molecular weight is 359 g/mol. The second-order valence-electron chi connectivity index (χ2n) is 5.67. The molecule has 128 valence electrons. The van der Waals surface area contributed by atoms with Crippen LogP contribution in [0.25, 0.3) is 11.0 Å². The van der Waals surface area contributed by atoms with Gasteiger partial charge in [-0.3, -0.25) is 4.79 Å². The third kappa shape index (κ3) is 5.37. The second-order valence-corrected chi connectivity index (χ2v) is 5.67. The van der Waals surface area contributed by atoms with Crippen molar-refractivity contribution < 1.29 is 4.79 Å². The molecule has 7 heteroatoms. The number of hydrogen-bond donors (Lipinski definition) is 2. The van der Waals surface area contributed by atoms with Gasteiger partial charge in [-0.1, -0.05) is 12.1 Å². The Morgan fingerprint density at radius 2 is 2.17 bits per heavy atom. The lowest BCUT2D eigenvalue weighted by molar-refractivity contribution is -0.121. The summed E-state index contributed by atoms with van der Waals surface area (Å²) in [5, 5.41) is 6.37. The van der Waals surface area contributed by atoms with Crippen molar-refractivity contribution in [3.05, 3.63) is 30.6 Å². The van der Waals surface area contributed by atoms with Crippen LogP contribution in [0.3, 0.4) is 0 Å². The summed E-state index contributed by atoms with van der Waals surface area (Å²) < 4.78 is 2.04. The summed E-state index contributed by atoms with van der Waals surface area (Å²) in [5.41, 5.74) is 2.06. The number of rotatable bonds is 6. The molecule has 0 saturated carbocycles. The largest absolute Gasteiger partial charge is 0.356 e. The van der Waals surface area contributed by atoms with Crippen LogP contribution in [-0.2, 0) is 11.3 Å². The topological polar surface area (TPSA) is 59.0 Å². The lowest BCUT2D eigenvalue weighted by Crippen LogP contribution is -2.27. The molecule has 2 heterocycles. The predicted octanol–water partition coefficient (Wildman–Crippen LogP) is 2.39. The summed E-state index contributed by atoms with van der Waals surface area (Å²) in [7, 11) is 0. The minimum Gasteiger partial charge on any atom is -0.356 e. The highest BCUT2D eigenvalue weighted by Gasteiger charge is 2.14. The fourth-order valence-corrected chi connectivity index (χ4v) is 2.88. The Balaban J connectivity index is 0.00000132. The Morgan fingerprint density at radius 3 is 2.96 bits per heavy atom. The number of aromatic nitrogens is 2. The summed E-state index contributed by atoms with van der Waals surface area (Å²) in [5.74, 6) is 0.849. The fraction of sp³-hybridized carbons (Fsp3) is 0.500. The fourth-order valence-electron chi connectivity index (χ4n) is 2.88. The molecule has 23 heavy (non-hydrogen) atoms. The highest BCUT2D eigenvalue weighted by atomic mass is 35.5. The number of para-hydroxylation sites is 2. The molecule has 0 spiro atoms. The maximum Gasteiger partial charge on any atom is 0.221 e. The number of benzene rings is 1. The molecule has 0 bridgehead atoms. The standard InChI is InChI=1S/C16H22N4O.2ClH/c21-16(18-9-6-13-5-8-17-11-13)7-10-20-12-19-14-3-1-2-4-15(14)20;;/h1-4,12-13,17H,5-11H2,(H,18,21);2*1H. The van der Waals surface area contributed by atoms with E-state index < -0.39 is 0 Å². The summed E-state index contributed by atoms with van der Waals surface area (Å²) in [4.78, 5) is 16.2. The van der Waals surface area contributed by atoms with Gasteiger partial charge in [0.1, 0.15) is 0 Å². The number of carbonyl (C=O) groups excluding carboxylic acids is 1. The lowest BCUT2D eigenvalue weighted by Gasteiger charge is -2.09. The van der Waals surface area contributed by atoms with Gasteiger partial charge in [-0.15, -0.1) is 24.8 Å². The van der Waals surface area contributed by atoms with Gasteiger partial charge in [0, 0.05) is 19.5 Å². The van der Waals surface area contributed by atoms with Crippen LogP contribution in [0.15, 0.2) is 30.6 Å². The summed E-state index contributed by atoms with van der Waals surface area (Å²) >= 11 is 0. The van der Waals surface area contributed by atoms with Crippen molar-refractivity contribution in [1.82, 2.24) is 20.2 Å². The van der Waals surface area contributed by atoms with Crippen LogP contribution in [0, 0.1) is 5.92 Å². The molecule has 1 saturated heterocycles. The third-order valence-electron chi connectivity index (χ3n) is 4.14. The normalized spacial score (nSPS) is 16.6. The van der Waals surface area contributed by atoms with E-state index in [9.17, 15) is 4.79 Å². The van der Waals surface area contributed by atoms with Gasteiger partial charge in [0.15, 0.2) is 0 Å². The van der Waals surface area contributed by atoms with E-state index in [2.05, 4.69) is 15.6 Å². The molecule has 3 rings (SSSR count). The SMILES string of the molecule is Cl.Cl.O=C(CCn1cnc2ccccc21)NCCC1CCNC1. The van der Waals surface area contributed by atoms with E-state index in [1.54, 1.807) is 0 Å². The van der Waals surface area contributed by atoms with E-state index in [4.69, 9.17) is 0 Å². The maximum absolute atomic E-state index is 11.9. The highest BCUT2D eigenvalue weighted by molar-refractivity contribution is 5.85. The number of hydrogen-bond acceptors (Lipinski definition) is 3. The van der Waals surface area contributed by atoms with Crippen molar-refractivity contribution in [2.45, 2.75) is 25.8 Å². The molecule has 0 radical (unpaired) electrons. The number of carbonyl (C=O) groups is 1. The molecule has 1 unspecified atom stereocenters. The molecule has 1 aliphatic heterocycles. The molecule has 2 aromatic rings. The van der Waals surface area contributed by atoms with Crippen molar-refractivity contribution in [3.8, 4) is 0 Å². The summed E-state index contributed by atoms with van der Waals surface area (Å²) in [6, 6.07) is 8.00. The molecular weight excluding hydrogens is 335 g/mol. The second kappa shape index (κ2) is 9.75. The smallest absolute Gasteiger partial charge is 0.221 e. The third-order valence-corrected chi connectivity index (χ3v) is 4.14. The zero-order valence-corrected chi connectivity index (χ0v) is 14.7. The number of aryl methyl sites for hydroxylation is 1. The molecule has 1 fully saturated rings. The van der Waals surface area contributed by atoms with Crippen LogP contribution in [-0.4, -0.2) is 35.1 Å². The van der Waals surface area contributed by atoms with Crippen molar-refractivity contribution in [2.75, 3.05) is 19.6 Å². The first-order valence-corrected chi connectivity index (χ1v) is 7.70. The van der Waals surface area contributed by atoms with Crippen LogP contribution in [0.4, 0.5) is 0 Å².